The van der Waals surface area contributed by atoms with E-state index in [0.29, 0.717) is 23.6 Å². The Labute approximate surface area is 188 Å². The number of imide groups is 1. The van der Waals surface area contributed by atoms with Gasteiger partial charge in [-0.05, 0) is 24.1 Å². The lowest BCUT2D eigenvalue weighted by molar-refractivity contribution is -0.138. The summed E-state index contributed by atoms with van der Waals surface area (Å²) in [6.45, 7) is 2.67. The first-order chi connectivity index (χ1) is 15.5. The quantitative estimate of drug-likeness (QED) is 0.525. The molecule has 0 saturated heterocycles. The van der Waals surface area contributed by atoms with Crippen molar-refractivity contribution in [3.05, 3.63) is 107 Å². The van der Waals surface area contributed by atoms with Gasteiger partial charge in [-0.3, -0.25) is 14.5 Å². The van der Waals surface area contributed by atoms with Gasteiger partial charge >= 0.3 is 0 Å². The van der Waals surface area contributed by atoms with Crippen molar-refractivity contribution >= 4 is 17.4 Å². The minimum absolute atomic E-state index is 0.152. The highest BCUT2D eigenvalue weighted by Crippen LogP contribution is 2.34. The summed E-state index contributed by atoms with van der Waals surface area (Å²) in [5, 5.41) is 0. The van der Waals surface area contributed by atoms with Crippen LogP contribution in [0.1, 0.15) is 22.3 Å². The molecule has 0 N–H and O–H groups in total. The predicted molar refractivity (Wildman–Crippen MR) is 125 cm³/mol. The van der Waals surface area contributed by atoms with Crippen LogP contribution in [0.15, 0.2) is 84.6 Å². The monoisotopic (exact) mass is 426 g/mol. The van der Waals surface area contributed by atoms with Gasteiger partial charge in [-0.1, -0.05) is 78.4 Å². The molecule has 0 aliphatic carbocycles. The predicted octanol–water partition coefficient (Wildman–Crippen LogP) is 4.42. The summed E-state index contributed by atoms with van der Waals surface area (Å²) in [7, 11) is 3.44. The molecule has 0 atom stereocenters. The standard InChI is InChI=1S/C27H26N2O3/c1-19-13-15-21(16-14-19)24-25(28(2)17-20-9-5-4-6-10-20)27(31)29(26(24)30)18-22-11-7-8-12-23(22)32-3/h4-16H,17-18H2,1-3H3. The molecule has 0 fully saturated rings. The number of nitrogens with zero attached hydrogens (tertiary/aromatic N) is 2. The minimum Gasteiger partial charge on any atom is -0.496 e. The second-order valence-corrected chi connectivity index (χ2v) is 7.94. The number of ether oxygens (including phenoxy) is 1. The number of hydrogen-bond donors (Lipinski definition) is 0. The largest absolute Gasteiger partial charge is 0.496 e. The summed E-state index contributed by atoms with van der Waals surface area (Å²) in [5.74, 6) is 0.0608. The lowest BCUT2D eigenvalue weighted by Crippen LogP contribution is -2.33. The van der Waals surface area contributed by atoms with E-state index in [0.717, 1.165) is 22.3 Å². The van der Waals surface area contributed by atoms with E-state index in [1.54, 1.807) is 7.11 Å². The van der Waals surface area contributed by atoms with Crippen molar-refractivity contribution in [1.82, 2.24) is 9.80 Å². The second kappa shape index (κ2) is 9.10. The molecular formula is C27H26N2O3. The molecule has 0 spiro atoms. The van der Waals surface area contributed by atoms with Crippen LogP contribution in [0.3, 0.4) is 0 Å². The summed E-state index contributed by atoms with van der Waals surface area (Å²) in [6.07, 6.45) is 0. The molecular weight excluding hydrogens is 400 g/mol. The fraction of sp³-hybridized carbons (Fsp3) is 0.185. The SMILES string of the molecule is COc1ccccc1CN1C(=O)C(c2ccc(C)cc2)=C(N(C)Cc2ccccc2)C1=O. The zero-order chi connectivity index (χ0) is 22.7. The van der Waals surface area contributed by atoms with Crippen LogP contribution >= 0.6 is 0 Å². The van der Waals surface area contributed by atoms with Gasteiger partial charge in [0, 0.05) is 19.2 Å². The summed E-state index contributed by atoms with van der Waals surface area (Å²) in [5.41, 5.74) is 4.53. The molecule has 0 unspecified atom stereocenters. The first-order valence-corrected chi connectivity index (χ1v) is 10.5. The number of benzene rings is 3. The van der Waals surface area contributed by atoms with Crippen molar-refractivity contribution in [2.75, 3.05) is 14.2 Å². The molecule has 162 valence electrons. The van der Waals surface area contributed by atoms with Gasteiger partial charge in [-0.15, -0.1) is 0 Å². The number of methoxy groups -OCH3 is 1. The van der Waals surface area contributed by atoms with Crippen LogP contribution in [-0.4, -0.2) is 35.8 Å². The number of likely N-dealkylation sites (N-methyl/N-ethyl adjacent to an activating group) is 1. The lowest BCUT2D eigenvalue weighted by Gasteiger charge is -2.22. The Kier molecular flexibility index (Phi) is 6.08. The Morgan fingerprint density at radius 2 is 1.50 bits per heavy atom. The smallest absolute Gasteiger partial charge is 0.278 e. The van der Waals surface area contributed by atoms with E-state index in [9.17, 15) is 9.59 Å². The topological polar surface area (TPSA) is 49.9 Å². The Morgan fingerprint density at radius 1 is 0.844 bits per heavy atom. The summed E-state index contributed by atoms with van der Waals surface area (Å²) in [6, 6.07) is 25.1. The van der Waals surface area contributed by atoms with Gasteiger partial charge in [-0.2, -0.15) is 0 Å². The van der Waals surface area contributed by atoms with E-state index in [2.05, 4.69) is 0 Å². The fourth-order valence-corrected chi connectivity index (χ4v) is 3.98. The van der Waals surface area contributed by atoms with E-state index in [1.807, 2.05) is 97.7 Å². The molecule has 4 rings (SSSR count). The molecule has 5 nitrogen and oxygen atoms in total. The molecule has 0 aromatic heterocycles. The minimum atomic E-state index is -0.296. The molecule has 1 heterocycles. The highest BCUT2D eigenvalue weighted by Gasteiger charge is 2.41. The third-order valence-electron chi connectivity index (χ3n) is 5.65. The summed E-state index contributed by atoms with van der Waals surface area (Å²) in [4.78, 5) is 30.3. The first-order valence-electron chi connectivity index (χ1n) is 10.5. The molecule has 5 heteroatoms. The molecule has 2 amide bonds. The van der Waals surface area contributed by atoms with E-state index >= 15 is 0 Å². The lowest BCUT2D eigenvalue weighted by atomic mass is 10.0. The highest BCUT2D eigenvalue weighted by molar-refractivity contribution is 6.35. The highest BCUT2D eigenvalue weighted by atomic mass is 16.5. The van der Waals surface area contributed by atoms with Crippen molar-refractivity contribution in [2.45, 2.75) is 20.0 Å². The third kappa shape index (κ3) is 4.14. The number of carbonyl (C=O) groups excluding carboxylic acids is 2. The van der Waals surface area contributed by atoms with E-state index in [-0.39, 0.29) is 18.4 Å². The Hall–Kier alpha value is -3.86. The molecule has 0 saturated carbocycles. The van der Waals surface area contributed by atoms with E-state index in [1.165, 1.54) is 4.90 Å². The average Bonchev–Trinajstić information content (AvgIpc) is 3.05. The summed E-state index contributed by atoms with van der Waals surface area (Å²) < 4.78 is 5.43. The number of hydrogen-bond acceptors (Lipinski definition) is 4. The molecule has 0 bridgehead atoms. The van der Waals surface area contributed by atoms with Gasteiger partial charge in [0.25, 0.3) is 11.8 Å². The maximum Gasteiger partial charge on any atom is 0.278 e. The number of aryl methyl sites for hydroxylation is 1. The van der Waals surface area contributed by atoms with Crippen LogP contribution in [0.2, 0.25) is 0 Å². The van der Waals surface area contributed by atoms with Gasteiger partial charge in [0.1, 0.15) is 11.4 Å². The Morgan fingerprint density at radius 3 is 2.19 bits per heavy atom. The zero-order valence-corrected chi connectivity index (χ0v) is 18.5. The van der Waals surface area contributed by atoms with Gasteiger partial charge in [0.15, 0.2) is 0 Å². The maximum absolute atomic E-state index is 13.6. The zero-order valence-electron chi connectivity index (χ0n) is 18.5. The van der Waals surface area contributed by atoms with Gasteiger partial charge in [-0.25, -0.2) is 0 Å². The molecule has 3 aromatic rings. The third-order valence-corrected chi connectivity index (χ3v) is 5.65. The molecule has 1 aliphatic rings. The maximum atomic E-state index is 13.6. The van der Waals surface area contributed by atoms with Gasteiger partial charge < -0.3 is 9.64 Å². The van der Waals surface area contributed by atoms with Crippen molar-refractivity contribution in [3.8, 4) is 5.75 Å². The molecule has 0 radical (unpaired) electrons. The molecule has 3 aromatic carbocycles. The number of amides is 2. The number of para-hydroxylation sites is 1. The van der Waals surface area contributed by atoms with Crippen molar-refractivity contribution < 1.29 is 14.3 Å². The van der Waals surface area contributed by atoms with Crippen LogP contribution in [0.5, 0.6) is 5.75 Å². The van der Waals surface area contributed by atoms with Crippen molar-refractivity contribution in [3.63, 3.8) is 0 Å². The van der Waals surface area contributed by atoms with Crippen molar-refractivity contribution in [1.29, 1.82) is 0 Å². The number of carbonyl (C=O) groups is 2. The Balaban J connectivity index is 1.73. The fourth-order valence-electron chi connectivity index (χ4n) is 3.98. The summed E-state index contributed by atoms with van der Waals surface area (Å²) >= 11 is 0. The average molecular weight is 427 g/mol. The molecule has 1 aliphatic heterocycles. The normalized spacial score (nSPS) is 13.7. The van der Waals surface area contributed by atoms with Crippen LogP contribution in [0.4, 0.5) is 0 Å². The van der Waals surface area contributed by atoms with Gasteiger partial charge in [0.2, 0.25) is 0 Å². The molecule has 32 heavy (non-hydrogen) atoms. The van der Waals surface area contributed by atoms with E-state index in [4.69, 9.17) is 4.74 Å². The van der Waals surface area contributed by atoms with Crippen LogP contribution in [0.25, 0.3) is 5.57 Å². The van der Waals surface area contributed by atoms with Crippen molar-refractivity contribution in [2.24, 2.45) is 0 Å². The Bertz CT molecular complexity index is 1170. The van der Waals surface area contributed by atoms with Crippen LogP contribution in [-0.2, 0) is 22.7 Å². The van der Waals surface area contributed by atoms with Crippen LogP contribution in [0, 0.1) is 6.92 Å². The van der Waals surface area contributed by atoms with E-state index < -0.39 is 0 Å². The number of rotatable bonds is 7. The first kappa shape index (κ1) is 21.4. The van der Waals surface area contributed by atoms with Gasteiger partial charge in [0.05, 0.1) is 19.2 Å². The second-order valence-electron chi connectivity index (χ2n) is 7.94. The van der Waals surface area contributed by atoms with Crippen LogP contribution < -0.4 is 4.74 Å².